The normalized spacial score (nSPS) is 10.3. The molecule has 0 aliphatic heterocycles. The molecule has 0 spiro atoms. The zero-order chi connectivity index (χ0) is 14.5. The Labute approximate surface area is 117 Å². The maximum atomic E-state index is 9.09. The second kappa shape index (κ2) is 6.21. The molecule has 0 amide bonds. The van der Waals surface area contributed by atoms with Gasteiger partial charge in [0.2, 0.25) is 0 Å². The van der Waals surface area contributed by atoms with E-state index in [0.29, 0.717) is 23.1 Å². The summed E-state index contributed by atoms with van der Waals surface area (Å²) in [5.74, 6) is 2.04. The van der Waals surface area contributed by atoms with Gasteiger partial charge in [0.05, 0.1) is 13.7 Å². The van der Waals surface area contributed by atoms with Gasteiger partial charge in [-0.1, -0.05) is 6.07 Å². The molecule has 2 aromatic rings. The van der Waals surface area contributed by atoms with E-state index in [0.717, 1.165) is 11.3 Å². The van der Waals surface area contributed by atoms with Gasteiger partial charge in [-0.3, -0.25) is 0 Å². The predicted molar refractivity (Wildman–Crippen MR) is 74.4 cm³/mol. The minimum absolute atomic E-state index is 0.0475. The maximum Gasteiger partial charge on any atom is 0.168 e. The fraction of sp³-hybridized carbons (Fsp3) is 0.286. The van der Waals surface area contributed by atoms with E-state index in [1.54, 1.807) is 31.4 Å². The van der Waals surface area contributed by atoms with Crippen LogP contribution in [0.3, 0.4) is 0 Å². The van der Waals surface area contributed by atoms with Gasteiger partial charge in [-0.2, -0.15) is 0 Å². The molecule has 1 aromatic heterocycles. The van der Waals surface area contributed by atoms with E-state index >= 15 is 0 Å². The Balaban J connectivity index is 2.14. The molecule has 1 heterocycles. The van der Waals surface area contributed by atoms with Crippen molar-refractivity contribution in [1.29, 1.82) is 0 Å². The van der Waals surface area contributed by atoms with Crippen LogP contribution in [0.1, 0.15) is 17.1 Å². The van der Waals surface area contributed by atoms with Gasteiger partial charge < -0.3 is 20.3 Å². The Morgan fingerprint density at radius 2 is 2.00 bits per heavy atom. The van der Waals surface area contributed by atoms with Crippen molar-refractivity contribution in [2.24, 2.45) is 0 Å². The van der Waals surface area contributed by atoms with Crippen molar-refractivity contribution in [3.8, 4) is 11.5 Å². The number of methoxy groups -OCH3 is 1. The number of nitrogens with zero attached hydrogens (tertiary/aromatic N) is 2. The maximum absolute atomic E-state index is 9.09. The highest BCUT2D eigenvalue weighted by atomic mass is 16.5. The van der Waals surface area contributed by atoms with Crippen LogP contribution in [0.2, 0.25) is 0 Å². The molecule has 6 heteroatoms. The minimum atomic E-state index is -0.0475. The monoisotopic (exact) mass is 275 g/mol. The summed E-state index contributed by atoms with van der Waals surface area (Å²) in [6, 6.07) is 6.92. The van der Waals surface area contributed by atoms with E-state index < -0.39 is 0 Å². The average molecular weight is 275 g/mol. The third-order valence-corrected chi connectivity index (χ3v) is 2.69. The number of anilines is 1. The van der Waals surface area contributed by atoms with E-state index in [9.17, 15) is 0 Å². The Kier molecular flexibility index (Phi) is 4.37. The molecular formula is C14H17N3O3. The second-order valence-electron chi connectivity index (χ2n) is 4.28. The molecule has 106 valence electrons. The van der Waals surface area contributed by atoms with Crippen LogP contribution in [-0.2, 0) is 13.2 Å². The average Bonchev–Trinajstić information content (AvgIpc) is 2.44. The Bertz CT molecular complexity index is 582. The smallest absolute Gasteiger partial charge is 0.168 e. The first kappa shape index (κ1) is 14.1. The summed E-state index contributed by atoms with van der Waals surface area (Å²) in [6.45, 7) is 1.99. The molecule has 2 rings (SSSR count). The number of hydrogen-bond donors (Lipinski definition) is 2. The summed E-state index contributed by atoms with van der Waals surface area (Å²) < 4.78 is 10.9. The number of aryl methyl sites for hydroxylation is 1. The zero-order valence-electron chi connectivity index (χ0n) is 11.5. The summed E-state index contributed by atoms with van der Waals surface area (Å²) >= 11 is 0. The number of benzene rings is 1. The number of aromatic nitrogens is 2. The first-order valence-corrected chi connectivity index (χ1v) is 6.13. The van der Waals surface area contributed by atoms with Crippen molar-refractivity contribution < 1.29 is 14.6 Å². The number of nitrogen functional groups attached to an aromatic ring is 1. The van der Waals surface area contributed by atoms with E-state index in [4.69, 9.17) is 20.3 Å². The predicted octanol–water partition coefficient (Wildman–Crippen LogP) is 1.45. The van der Waals surface area contributed by atoms with E-state index in [1.165, 1.54) is 0 Å². The lowest BCUT2D eigenvalue weighted by Gasteiger charge is -2.11. The molecule has 3 N–H and O–H groups in total. The molecule has 1 aromatic carbocycles. The molecule has 0 saturated carbocycles. The van der Waals surface area contributed by atoms with Crippen molar-refractivity contribution in [1.82, 2.24) is 9.97 Å². The molecule has 0 aliphatic rings. The Hall–Kier alpha value is -2.34. The molecule has 0 saturated heterocycles. The Morgan fingerprint density at radius 1 is 1.20 bits per heavy atom. The second-order valence-corrected chi connectivity index (χ2v) is 4.28. The fourth-order valence-corrected chi connectivity index (χ4v) is 1.79. The highest BCUT2D eigenvalue weighted by Crippen LogP contribution is 2.28. The van der Waals surface area contributed by atoms with Crippen molar-refractivity contribution >= 4 is 5.82 Å². The largest absolute Gasteiger partial charge is 0.493 e. The number of rotatable bonds is 5. The first-order valence-electron chi connectivity index (χ1n) is 6.13. The SMILES string of the molecule is COc1cc(CO)ccc1OCc1nc(C)cc(N)n1. The molecule has 0 radical (unpaired) electrons. The molecule has 0 bridgehead atoms. The number of aliphatic hydroxyl groups excluding tert-OH is 1. The topological polar surface area (TPSA) is 90.5 Å². The van der Waals surface area contributed by atoms with Gasteiger partial charge >= 0.3 is 0 Å². The highest BCUT2D eigenvalue weighted by molar-refractivity contribution is 5.42. The van der Waals surface area contributed by atoms with Crippen molar-refractivity contribution in [3.63, 3.8) is 0 Å². The van der Waals surface area contributed by atoms with Crippen molar-refractivity contribution in [2.75, 3.05) is 12.8 Å². The van der Waals surface area contributed by atoms with Crippen molar-refractivity contribution in [2.45, 2.75) is 20.1 Å². The number of aliphatic hydroxyl groups is 1. The van der Waals surface area contributed by atoms with Crippen LogP contribution in [-0.4, -0.2) is 22.2 Å². The van der Waals surface area contributed by atoms with Crippen LogP contribution in [0.25, 0.3) is 0 Å². The lowest BCUT2D eigenvalue weighted by molar-refractivity contribution is 0.270. The summed E-state index contributed by atoms with van der Waals surface area (Å²) in [5.41, 5.74) is 7.21. The highest BCUT2D eigenvalue weighted by Gasteiger charge is 2.07. The zero-order valence-corrected chi connectivity index (χ0v) is 11.5. The number of hydrogen-bond acceptors (Lipinski definition) is 6. The van der Waals surface area contributed by atoms with Crippen molar-refractivity contribution in [3.05, 3.63) is 41.3 Å². The number of ether oxygens (including phenoxy) is 2. The molecule has 20 heavy (non-hydrogen) atoms. The molecule has 0 fully saturated rings. The van der Waals surface area contributed by atoms with Crippen LogP contribution >= 0.6 is 0 Å². The van der Waals surface area contributed by atoms with E-state index in [1.807, 2.05) is 6.92 Å². The number of nitrogens with two attached hydrogens (primary N) is 1. The Morgan fingerprint density at radius 3 is 2.65 bits per heavy atom. The van der Waals surface area contributed by atoms with Crippen LogP contribution in [0.4, 0.5) is 5.82 Å². The van der Waals surface area contributed by atoms with Gasteiger partial charge in [-0.25, -0.2) is 9.97 Å². The fourth-order valence-electron chi connectivity index (χ4n) is 1.79. The van der Waals surface area contributed by atoms with Gasteiger partial charge in [0.15, 0.2) is 17.3 Å². The summed E-state index contributed by atoms with van der Waals surface area (Å²) in [4.78, 5) is 8.34. The van der Waals surface area contributed by atoms with Crippen LogP contribution < -0.4 is 15.2 Å². The standard InChI is InChI=1S/C14H17N3O3/c1-9-5-13(15)17-14(16-9)8-20-11-4-3-10(7-18)6-12(11)19-2/h3-6,18H,7-8H2,1-2H3,(H2,15,16,17). The molecule has 6 nitrogen and oxygen atoms in total. The molecule has 0 aliphatic carbocycles. The summed E-state index contributed by atoms with van der Waals surface area (Å²) in [6.07, 6.45) is 0. The van der Waals surface area contributed by atoms with Gasteiger partial charge in [-0.15, -0.1) is 0 Å². The summed E-state index contributed by atoms with van der Waals surface area (Å²) in [7, 11) is 1.55. The third kappa shape index (κ3) is 3.36. The van der Waals surface area contributed by atoms with Crippen LogP contribution in [0.5, 0.6) is 11.5 Å². The minimum Gasteiger partial charge on any atom is -0.493 e. The van der Waals surface area contributed by atoms with Gasteiger partial charge in [-0.05, 0) is 24.6 Å². The molecular weight excluding hydrogens is 258 g/mol. The van der Waals surface area contributed by atoms with Gasteiger partial charge in [0, 0.05) is 11.8 Å². The van der Waals surface area contributed by atoms with Crippen LogP contribution in [0.15, 0.2) is 24.3 Å². The quantitative estimate of drug-likeness (QED) is 0.858. The lowest BCUT2D eigenvalue weighted by Crippen LogP contribution is -2.06. The van der Waals surface area contributed by atoms with E-state index in [-0.39, 0.29) is 13.2 Å². The third-order valence-electron chi connectivity index (χ3n) is 2.69. The molecule has 0 atom stereocenters. The van der Waals surface area contributed by atoms with Crippen LogP contribution in [0, 0.1) is 6.92 Å². The lowest BCUT2D eigenvalue weighted by atomic mass is 10.2. The van der Waals surface area contributed by atoms with Gasteiger partial charge in [0.25, 0.3) is 0 Å². The van der Waals surface area contributed by atoms with Gasteiger partial charge in [0.1, 0.15) is 12.4 Å². The first-order chi connectivity index (χ1) is 9.62. The van der Waals surface area contributed by atoms with E-state index in [2.05, 4.69) is 9.97 Å². The molecule has 0 unspecified atom stereocenters. The summed E-state index contributed by atoms with van der Waals surface area (Å²) in [5, 5.41) is 9.09.